The number of piperidine rings is 1. The zero-order valence-corrected chi connectivity index (χ0v) is 16.9. The van der Waals surface area contributed by atoms with Crippen molar-refractivity contribution in [3.05, 3.63) is 57.5 Å². The molecule has 1 fully saturated rings. The minimum atomic E-state index is -0.768. The molecule has 0 aliphatic carbocycles. The summed E-state index contributed by atoms with van der Waals surface area (Å²) in [6.45, 7) is 4.89. The van der Waals surface area contributed by atoms with E-state index in [0.717, 1.165) is 22.5 Å². The van der Waals surface area contributed by atoms with Gasteiger partial charge in [-0.3, -0.25) is 14.6 Å². The Balaban J connectivity index is 1.65. The molecule has 0 aromatic carbocycles. The maximum Gasteiger partial charge on any atom is 0.306 e. The van der Waals surface area contributed by atoms with Gasteiger partial charge in [0.25, 0.3) is 5.56 Å². The van der Waals surface area contributed by atoms with Gasteiger partial charge in [0, 0.05) is 48.6 Å². The molecule has 1 aliphatic rings. The maximum atomic E-state index is 12.0. The van der Waals surface area contributed by atoms with Gasteiger partial charge >= 0.3 is 5.97 Å². The zero-order valence-electron chi connectivity index (χ0n) is 16.9. The Kier molecular flexibility index (Phi) is 5.35. The number of hydrogen-bond acceptors (Lipinski definition) is 7. The van der Waals surface area contributed by atoms with Gasteiger partial charge in [-0.2, -0.15) is 5.10 Å². The molecule has 30 heavy (non-hydrogen) atoms. The molecule has 4 heterocycles. The molecule has 3 aromatic rings. The van der Waals surface area contributed by atoms with E-state index in [4.69, 9.17) is 4.52 Å². The second-order valence-electron chi connectivity index (χ2n) is 7.59. The predicted molar refractivity (Wildman–Crippen MR) is 109 cm³/mol. The number of carbonyl (C=O) groups is 1. The van der Waals surface area contributed by atoms with E-state index in [1.54, 1.807) is 6.20 Å². The van der Waals surface area contributed by atoms with Gasteiger partial charge in [0.05, 0.1) is 17.3 Å². The van der Waals surface area contributed by atoms with Crippen LogP contribution in [-0.2, 0) is 11.2 Å². The lowest BCUT2D eigenvalue weighted by atomic mass is 9.96. The van der Waals surface area contributed by atoms with Crippen LogP contribution in [-0.4, -0.2) is 44.5 Å². The van der Waals surface area contributed by atoms with Gasteiger partial charge in [-0.25, -0.2) is 5.10 Å². The summed E-state index contributed by atoms with van der Waals surface area (Å²) in [5.41, 5.74) is 4.45. The van der Waals surface area contributed by atoms with Gasteiger partial charge in [0.15, 0.2) is 0 Å². The minimum Gasteiger partial charge on any atom is -0.481 e. The van der Waals surface area contributed by atoms with Crippen molar-refractivity contribution in [2.24, 2.45) is 5.92 Å². The molecular formula is C21H23N5O4. The molecule has 9 nitrogen and oxygen atoms in total. The Hall–Kier alpha value is -3.49. The van der Waals surface area contributed by atoms with Gasteiger partial charge in [-0.1, -0.05) is 5.16 Å². The molecular weight excluding hydrogens is 386 g/mol. The van der Waals surface area contributed by atoms with Crippen molar-refractivity contribution in [2.45, 2.75) is 33.1 Å². The molecule has 0 atom stereocenters. The molecule has 9 heteroatoms. The lowest BCUT2D eigenvalue weighted by molar-refractivity contribution is -0.142. The third-order valence-electron chi connectivity index (χ3n) is 5.56. The van der Waals surface area contributed by atoms with Crippen LogP contribution < -0.4 is 10.5 Å². The first-order valence-corrected chi connectivity index (χ1v) is 9.87. The summed E-state index contributed by atoms with van der Waals surface area (Å²) in [7, 11) is 0. The number of H-pyrrole nitrogens is 1. The molecule has 1 saturated heterocycles. The number of aryl methyl sites for hydroxylation is 2. The molecule has 0 radical (unpaired) electrons. The number of carboxylic acids is 1. The van der Waals surface area contributed by atoms with Gasteiger partial charge in [-0.05, 0) is 38.8 Å². The van der Waals surface area contributed by atoms with Crippen molar-refractivity contribution in [1.29, 1.82) is 0 Å². The summed E-state index contributed by atoms with van der Waals surface area (Å²) < 4.78 is 5.45. The second kappa shape index (κ2) is 8.10. The summed E-state index contributed by atoms with van der Waals surface area (Å²) >= 11 is 0. The van der Waals surface area contributed by atoms with E-state index in [-0.39, 0.29) is 11.5 Å². The Bertz CT molecular complexity index is 1110. The number of nitrogens with one attached hydrogen (secondary N) is 1. The number of anilines is 1. The van der Waals surface area contributed by atoms with E-state index in [9.17, 15) is 14.7 Å². The highest BCUT2D eigenvalue weighted by Gasteiger charge is 2.27. The van der Waals surface area contributed by atoms with Gasteiger partial charge in [0.2, 0.25) is 0 Å². The van der Waals surface area contributed by atoms with Crippen LogP contribution in [0.15, 0.2) is 33.7 Å². The summed E-state index contributed by atoms with van der Waals surface area (Å²) in [4.78, 5) is 29.6. The smallest absolute Gasteiger partial charge is 0.306 e. The molecule has 0 amide bonds. The monoisotopic (exact) mass is 409 g/mol. The van der Waals surface area contributed by atoms with Crippen LogP contribution in [0.2, 0.25) is 0 Å². The second-order valence-corrected chi connectivity index (χ2v) is 7.59. The van der Waals surface area contributed by atoms with Gasteiger partial charge < -0.3 is 14.5 Å². The Labute approximate surface area is 172 Å². The summed E-state index contributed by atoms with van der Waals surface area (Å²) in [5, 5.41) is 20.3. The van der Waals surface area contributed by atoms with Crippen LogP contribution in [0.5, 0.6) is 0 Å². The molecule has 4 rings (SSSR count). The number of aromatic amines is 1. The topological polar surface area (TPSA) is 125 Å². The van der Waals surface area contributed by atoms with Crippen LogP contribution in [0.25, 0.3) is 11.3 Å². The Morgan fingerprint density at radius 2 is 2.07 bits per heavy atom. The average Bonchev–Trinajstić information content (AvgIpc) is 3.10. The van der Waals surface area contributed by atoms with Crippen LogP contribution >= 0.6 is 0 Å². The first-order chi connectivity index (χ1) is 14.4. The van der Waals surface area contributed by atoms with Crippen molar-refractivity contribution in [3.63, 3.8) is 0 Å². The highest BCUT2D eigenvalue weighted by Crippen LogP contribution is 2.30. The van der Waals surface area contributed by atoms with Gasteiger partial charge in [-0.15, -0.1) is 0 Å². The molecule has 0 unspecified atom stereocenters. The number of nitrogens with zero attached hydrogens (tertiary/aromatic N) is 4. The van der Waals surface area contributed by atoms with Gasteiger partial charge in [0.1, 0.15) is 11.5 Å². The standard InChI is InChI=1S/C21H23N5O4/c1-12-3-4-15(11-22-12)20-16(13(2)30-25-20)9-17-18(10-19(27)24-23-17)26-7-5-14(6-8-26)21(28)29/h3-4,10-11,14H,5-9H2,1-2H3,(H,24,27)(H,28,29). The minimum absolute atomic E-state index is 0.292. The normalized spacial score (nSPS) is 14.8. The lowest BCUT2D eigenvalue weighted by Crippen LogP contribution is -2.37. The molecule has 0 bridgehead atoms. The largest absolute Gasteiger partial charge is 0.481 e. The molecule has 0 spiro atoms. The molecule has 1 aliphatic heterocycles. The number of pyridine rings is 1. The molecule has 156 valence electrons. The third-order valence-corrected chi connectivity index (χ3v) is 5.56. The van der Waals surface area contributed by atoms with E-state index >= 15 is 0 Å². The van der Waals surface area contributed by atoms with Crippen LogP contribution in [0.1, 0.15) is 35.6 Å². The Morgan fingerprint density at radius 1 is 1.30 bits per heavy atom. The summed E-state index contributed by atoms with van der Waals surface area (Å²) in [5.74, 6) is -0.440. The average molecular weight is 409 g/mol. The van der Waals surface area contributed by atoms with E-state index in [0.29, 0.717) is 49.5 Å². The highest BCUT2D eigenvalue weighted by molar-refractivity contribution is 5.70. The zero-order chi connectivity index (χ0) is 21.3. The molecule has 2 N–H and O–H groups in total. The number of carboxylic acid groups (broad SMARTS) is 1. The fourth-order valence-electron chi connectivity index (χ4n) is 3.79. The Morgan fingerprint density at radius 3 is 2.73 bits per heavy atom. The summed E-state index contributed by atoms with van der Waals surface area (Å²) in [6.07, 6.45) is 3.25. The van der Waals surface area contributed by atoms with Crippen molar-refractivity contribution >= 4 is 11.7 Å². The predicted octanol–water partition coefficient (Wildman–Crippen LogP) is 2.33. The molecule has 3 aromatic heterocycles. The third kappa shape index (κ3) is 3.96. The van der Waals surface area contributed by atoms with E-state index in [2.05, 4.69) is 20.3 Å². The van der Waals surface area contributed by atoms with Crippen molar-refractivity contribution in [2.75, 3.05) is 18.0 Å². The van der Waals surface area contributed by atoms with Crippen molar-refractivity contribution in [3.8, 4) is 11.3 Å². The van der Waals surface area contributed by atoms with Crippen LogP contribution in [0.4, 0.5) is 5.69 Å². The molecule has 0 saturated carbocycles. The SMILES string of the molecule is Cc1ccc(-c2noc(C)c2Cc2n[nH]c(=O)cc2N2CCC(C(=O)O)CC2)cn1. The van der Waals surface area contributed by atoms with E-state index in [1.807, 2.05) is 30.9 Å². The number of rotatable bonds is 5. The summed E-state index contributed by atoms with van der Waals surface area (Å²) in [6, 6.07) is 5.39. The van der Waals surface area contributed by atoms with Crippen LogP contribution in [0.3, 0.4) is 0 Å². The number of aromatic nitrogens is 4. The first kappa shape index (κ1) is 19.8. The first-order valence-electron chi connectivity index (χ1n) is 9.87. The van der Waals surface area contributed by atoms with E-state index in [1.165, 1.54) is 6.07 Å². The maximum absolute atomic E-state index is 12.0. The number of hydrogen-bond donors (Lipinski definition) is 2. The fraction of sp³-hybridized carbons (Fsp3) is 0.381. The fourth-order valence-corrected chi connectivity index (χ4v) is 3.79. The van der Waals surface area contributed by atoms with Crippen molar-refractivity contribution in [1.82, 2.24) is 20.3 Å². The van der Waals surface area contributed by atoms with E-state index < -0.39 is 5.97 Å². The van der Waals surface area contributed by atoms with Crippen molar-refractivity contribution < 1.29 is 14.4 Å². The lowest BCUT2D eigenvalue weighted by Gasteiger charge is -2.32. The van der Waals surface area contributed by atoms with Crippen LogP contribution in [0, 0.1) is 19.8 Å². The number of aliphatic carboxylic acids is 1. The quantitative estimate of drug-likeness (QED) is 0.658. The highest BCUT2D eigenvalue weighted by atomic mass is 16.5.